The van der Waals surface area contributed by atoms with Crippen LogP contribution in [-0.4, -0.2) is 20.9 Å². The molecule has 3 aromatic carbocycles. The Kier molecular flexibility index (Phi) is 6.87. The number of nitrogens with one attached hydrogen (secondary N) is 2. The average molecular weight is 431 g/mol. The fraction of sp³-hybridized carbons (Fsp3) is 0.0952. The first-order valence-electron chi connectivity index (χ1n) is 8.72. The van der Waals surface area contributed by atoms with Crippen molar-refractivity contribution < 1.29 is 17.9 Å². The van der Waals surface area contributed by atoms with Crippen molar-refractivity contribution in [2.24, 2.45) is 0 Å². The Hall–Kier alpha value is -2.87. The van der Waals surface area contributed by atoms with Crippen molar-refractivity contribution >= 4 is 38.9 Å². The molecule has 3 aromatic rings. The van der Waals surface area contributed by atoms with Crippen molar-refractivity contribution in [2.75, 3.05) is 16.6 Å². The van der Waals surface area contributed by atoms with Crippen molar-refractivity contribution in [3.63, 3.8) is 0 Å². The molecule has 0 aliphatic heterocycles. The second kappa shape index (κ2) is 9.56. The van der Waals surface area contributed by atoms with Crippen LogP contribution in [0.15, 0.2) is 83.8 Å². The minimum absolute atomic E-state index is 0.0236. The van der Waals surface area contributed by atoms with Gasteiger partial charge in [0.05, 0.1) is 11.5 Å². The van der Waals surface area contributed by atoms with Crippen LogP contribution >= 0.6 is 11.6 Å². The topological polar surface area (TPSA) is 84.5 Å². The highest BCUT2D eigenvalue weighted by atomic mass is 35.5. The van der Waals surface area contributed by atoms with Gasteiger partial charge in [0, 0.05) is 16.4 Å². The highest BCUT2D eigenvalue weighted by Crippen LogP contribution is 2.20. The van der Waals surface area contributed by atoms with Crippen LogP contribution in [0.25, 0.3) is 0 Å². The first-order valence-corrected chi connectivity index (χ1v) is 10.6. The Balaban J connectivity index is 1.59. The molecule has 0 aliphatic carbocycles. The summed E-state index contributed by atoms with van der Waals surface area (Å²) in [6.45, 7) is 0.169. The summed E-state index contributed by atoms with van der Waals surface area (Å²) in [5.41, 5.74) is 1.71. The predicted molar refractivity (Wildman–Crippen MR) is 113 cm³/mol. The lowest BCUT2D eigenvalue weighted by molar-refractivity contribution is -0.121. The number of hydrogen-bond donors (Lipinski definition) is 2. The zero-order chi connectivity index (χ0) is 20.7. The molecule has 0 saturated carbocycles. The summed E-state index contributed by atoms with van der Waals surface area (Å²) < 4.78 is 33.0. The quantitative estimate of drug-likeness (QED) is 0.558. The van der Waals surface area contributed by atoms with E-state index in [-0.39, 0.29) is 17.4 Å². The minimum Gasteiger partial charge on any atom is -0.367 e. The number of benzene rings is 3. The van der Waals surface area contributed by atoms with Gasteiger partial charge in [-0.1, -0.05) is 48.0 Å². The monoisotopic (exact) mass is 430 g/mol. The molecule has 0 aliphatic rings. The number of anilines is 2. The van der Waals surface area contributed by atoms with E-state index in [9.17, 15) is 13.2 Å². The van der Waals surface area contributed by atoms with Crippen LogP contribution in [0.2, 0.25) is 5.02 Å². The smallest absolute Gasteiger partial charge is 0.261 e. The molecule has 0 bridgehead atoms. The Morgan fingerprint density at radius 1 is 0.897 bits per heavy atom. The van der Waals surface area contributed by atoms with Gasteiger partial charge in [-0.3, -0.25) is 9.52 Å². The summed E-state index contributed by atoms with van der Waals surface area (Å²) in [5, 5.41) is 3.15. The molecule has 0 spiro atoms. The van der Waals surface area contributed by atoms with Gasteiger partial charge in [-0.2, -0.15) is 0 Å². The lowest BCUT2D eigenvalue weighted by atomic mass is 10.2. The van der Waals surface area contributed by atoms with E-state index in [1.54, 1.807) is 36.4 Å². The fourth-order valence-electron chi connectivity index (χ4n) is 2.51. The van der Waals surface area contributed by atoms with E-state index in [0.29, 0.717) is 23.0 Å². The molecule has 0 radical (unpaired) electrons. The summed E-state index contributed by atoms with van der Waals surface area (Å²) in [6.07, 6.45) is 0. The molecule has 6 nitrogen and oxygen atoms in total. The fourth-order valence-corrected chi connectivity index (χ4v) is 3.74. The predicted octanol–water partition coefficient (Wildman–Crippen LogP) is 4.30. The molecular weight excluding hydrogens is 412 g/mol. The van der Waals surface area contributed by atoms with Gasteiger partial charge in [0.1, 0.15) is 6.61 Å². The Bertz CT molecular complexity index is 1070. The van der Waals surface area contributed by atoms with Crippen molar-refractivity contribution in [1.29, 1.82) is 0 Å². The summed E-state index contributed by atoms with van der Waals surface area (Å²) >= 11 is 5.81. The summed E-state index contributed by atoms with van der Waals surface area (Å²) in [4.78, 5) is 12.1. The first kappa shape index (κ1) is 20.9. The molecule has 0 atom stereocenters. The summed E-state index contributed by atoms with van der Waals surface area (Å²) in [7, 11) is -3.81. The van der Waals surface area contributed by atoms with Crippen LogP contribution in [0.5, 0.6) is 0 Å². The largest absolute Gasteiger partial charge is 0.367 e. The van der Waals surface area contributed by atoms with Gasteiger partial charge in [-0.05, 0) is 48.0 Å². The van der Waals surface area contributed by atoms with Gasteiger partial charge in [0.2, 0.25) is 5.91 Å². The number of amides is 1. The first-order chi connectivity index (χ1) is 13.9. The zero-order valence-corrected chi connectivity index (χ0v) is 16.9. The SMILES string of the molecule is O=C(COCc1ccccc1)Nc1cccc(S(=O)(=O)Nc2ccc(Cl)cc2)c1. The van der Waals surface area contributed by atoms with E-state index in [1.807, 2.05) is 30.3 Å². The van der Waals surface area contributed by atoms with Crippen molar-refractivity contribution in [2.45, 2.75) is 11.5 Å². The van der Waals surface area contributed by atoms with Gasteiger partial charge in [0.15, 0.2) is 0 Å². The maximum absolute atomic E-state index is 12.6. The van der Waals surface area contributed by atoms with Crippen molar-refractivity contribution in [1.82, 2.24) is 0 Å². The van der Waals surface area contributed by atoms with Crippen LogP contribution in [0, 0.1) is 0 Å². The maximum Gasteiger partial charge on any atom is 0.261 e. The number of ether oxygens (including phenoxy) is 1. The second-order valence-electron chi connectivity index (χ2n) is 6.17. The molecule has 0 fully saturated rings. The molecular formula is C21H19ClN2O4S. The van der Waals surface area contributed by atoms with Crippen LogP contribution < -0.4 is 10.0 Å². The number of rotatable bonds is 8. The highest BCUT2D eigenvalue weighted by molar-refractivity contribution is 7.92. The standard InChI is InChI=1S/C21H19ClN2O4S/c22-17-9-11-18(12-10-17)24-29(26,27)20-8-4-7-19(13-20)23-21(25)15-28-14-16-5-2-1-3-6-16/h1-13,24H,14-15H2,(H,23,25). The number of hydrogen-bond acceptors (Lipinski definition) is 4. The normalized spacial score (nSPS) is 11.1. The Labute approximate surface area is 174 Å². The van der Waals surface area contributed by atoms with E-state index in [4.69, 9.17) is 16.3 Å². The van der Waals surface area contributed by atoms with Gasteiger partial charge in [0.25, 0.3) is 10.0 Å². The van der Waals surface area contributed by atoms with E-state index in [1.165, 1.54) is 12.1 Å². The molecule has 8 heteroatoms. The molecule has 29 heavy (non-hydrogen) atoms. The van der Waals surface area contributed by atoms with E-state index >= 15 is 0 Å². The third-order valence-corrected chi connectivity index (χ3v) is 5.50. The molecule has 0 aromatic heterocycles. The molecule has 0 unspecified atom stereocenters. The Morgan fingerprint density at radius 2 is 1.62 bits per heavy atom. The molecule has 2 N–H and O–H groups in total. The van der Waals surface area contributed by atoms with Crippen LogP contribution in [-0.2, 0) is 26.2 Å². The lowest BCUT2D eigenvalue weighted by Crippen LogP contribution is -2.19. The third-order valence-electron chi connectivity index (χ3n) is 3.87. The number of carbonyl (C=O) groups is 1. The molecule has 1 amide bonds. The second-order valence-corrected chi connectivity index (χ2v) is 8.29. The summed E-state index contributed by atoms with van der Waals surface area (Å²) in [5.74, 6) is -0.374. The van der Waals surface area contributed by atoms with Crippen LogP contribution in [0.3, 0.4) is 0 Å². The van der Waals surface area contributed by atoms with E-state index in [2.05, 4.69) is 10.0 Å². The summed E-state index contributed by atoms with van der Waals surface area (Å²) in [6, 6.07) is 21.8. The maximum atomic E-state index is 12.6. The van der Waals surface area contributed by atoms with Crippen LogP contribution in [0.1, 0.15) is 5.56 Å². The van der Waals surface area contributed by atoms with E-state index in [0.717, 1.165) is 5.56 Å². The van der Waals surface area contributed by atoms with Crippen molar-refractivity contribution in [3.8, 4) is 0 Å². The van der Waals surface area contributed by atoms with Gasteiger partial charge >= 0.3 is 0 Å². The zero-order valence-electron chi connectivity index (χ0n) is 15.3. The van der Waals surface area contributed by atoms with E-state index < -0.39 is 10.0 Å². The minimum atomic E-state index is -3.81. The molecule has 0 heterocycles. The molecule has 0 saturated heterocycles. The van der Waals surface area contributed by atoms with Gasteiger partial charge < -0.3 is 10.1 Å². The third kappa shape index (κ3) is 6.32. The average Bonchev–Trinajstić information content (AvgIpc) is 2.71. The number of sulfonamides is 1. The number of carbonyl (C=O) groups excluding carboxylic acids is 1. The molecule has 3 rings (SSSR count). The molecule has 150 valence electrons. The lowest BCUT2D eigenvalue weighted by Gasteiger charge is -2.11. The van der Waals surface area contributed by atoms with Gasteiger partial charge in [-0.15, -0.1) is 0 Å². The Morgan fingerprint density at radius 3 is 2.34 bits per heavy atom. The number of halogens is 1. The highest BCUT2D eigenvalue weighted by Gasteiger charge is 2.15. The van der Waals surface area contributed by atoms with Crippen LogP contribution in [0.4, 0.5) is 11.4 Å². The van der Waals surface area contributed by atoms with Crippen molar-refractivity contribution in [3.05, 3.63) is 89.4 Å². The van der Waals surface area contributed by atoms with Gasteiger partial charge in [-0.25, -0.2) is 8.42 Å².